The fourth-order valence-corrected chi connectivity index (χ4v) is 1.66. The van der Waals surface area contributed by atoms with Crippen molar-refractivity contribution in [3.63, 3.8) is 0 Å². The summed E-state index contributed by atoms with van der Waals surface area (Å²) in [5.74, 6) is -1.81. The molecule has 1 unspecified atom stereocenters. The maximum absolute atomic E-state index is 13.6. The van der Waals surface area contributed by atoms with Gasteiger partial charge in [0.15, 0.2) is 11.6 Å². The maximum Gasteiger partial charge on any atom is 0.163 e. The summed E-state index contributed by atoms with van der Waals surface area (Å²) in [5, 5.41) is 0. The third-order valence-corrected chi connectivity index (χ3v) is 2.55. The van der Waals surface area contributed by atoms with E-state index in [1.165, 1.54) is 12.1 Å². The van der Waals surface area contributed by atoms with E-state index < -0.39 is 17.7 Å². The molecule has 0 saturated heterocycles. The lowest BCUT2D eigenvalue weighted by Crippen LogP contribution is -2.16. The summed E-state index contributed by atoms with van der Waals surface area (Å²) in [4.78, 5) is 4.21. The van der Waals surface area contributed by atoms with Gasteiger partial charge in [-0.25, -0.2) is 8.78 Å². The number of aryl methyl sites for hydroxylation is 1. The van der Waals surface area contributed by atoms with E-state index in [2.05, 4.69) is 4.98 Å². The van der Waals surface area contributed by atoms with Crippen LogP contribution in [-0.2, 0) is 0 Å². The number of pyridine rings is 1. The Morgan fingerprint density at radius 1 is 1.12 bits per heavy atom. The van der Waals surface area contributed by atoms with Crippen LogP contribution in [0.1, 0.15) is 23.0 Å². The minimum atomic E-state index is -0.914. The average molecular weight is 234 g/mol. The summed E-state index contributed by atoms with van der Waals surface area (Å²) in [7, 11) is 0. The molecule has 2 nitrogen and oxygen atoms in total. The van der Waals surface area contributed by atoms with Crippen molar-refractivity contribution in [2.24, 2.45) is 5.73 Å². The number of halogens is 2. The molecule has 0 aliphatic carbocycles. The van der Waals surface area contributed by atoms with Crippen LogP contribution in [0.4, 0.5) is 8.78 Å². The summed E-state index contributed by atoms with van der Waals surface area (Å²) in [6.45, 7) is 1.82. The molecule has 1 aromatic carbocycles. The summed E-state index contributed by atoms with van der Waals surface area (Å²) in [6.07, 6.45) is 0. The highest BCUT2D eigenvalue weighted by atomic mass is 19.2. The Labute approximate surface area is 98.1 Å². The van der Waals surface area contributed by atoms with Crippen molar-refractivity contribution in [3.8, 4) is 0 Å². The zero-order valence-corrected chi connectivity index (χ0v) is 9.32. The molecular weight excluding hydrogens is 222 g/mol. The maximum atomic E-state index is 13.6. The fraction of sp³-hybridized carbons (Fsp3) is 0.154. The van der Waals surface area contributed by atoms with Gasteiger partial charge < -0.3 is 5.73 Å². The van der Waals surface area contributed by atoms with Crippen LogP contribution in [0.5, 0.6) is 0 Å². The van der Waals surface area contributed by atoms with Crippen LogP contribution >= 0.6 is 0 Å². The topological polar surface area (TPSA) is 38.9 Å². The Kier molecular flexibility index (Phi) is 3.15. The van der Waals surface area contributed by atoms with Crippen LogP contribution in [0.2, 0.25) is 0 Å². The molecule has 2 aromatic rings. The highest BCUT2D eigenvalue weighted by Gasteiger charge is 2.17. The molecular formula is C13H12F2N2. The van der Waals surface area contributed by atoms with Crippen LogP contribution in [-0.4, -0.2) is 4.98 Å². The summed E-state index contributed by atoms with van der Waals surface area (Å²) in [6, 6.07) is 8.51. The second kappa shape index (κ2) is 4.59. The number of hydrogen-bond donors (Lipinski definition) is 1. The van der Waals surface area contributed by atoms with Gasteiger partial charge in [-0.2, -0.15) is 0 Å². The van der Waals surface area contributed by atoms with Crippen molar-refractivity contribution in [1.82, 2.24) is 4.98 Å². The molecule has 0 aliphatic heterocycles. The third kappa shape index (κ3) is 2.31. The standard InChI is InChI=1S/C13H12F2N2/c1-8-4-2-7-11(17-8)13(16)9-5-3-6-10(14)12(9)15/h2-7,13H,16H2,1H3. The number of hydrogen-bond acceptors (Lipinski definition) is 2. The van der Waals surface area contributed by atoms with E-state index in [1.807, 2.05) is 13.0 Å². The van der Waals surface area contributed by atoms with Crippen molar-refractivity contribution in [3.05, 3.63) is 65.0 Å². The molecule has 0 spiro atoms. The fourth-order valence-electron chi connectivity index (χ4n) is 1.66. The molecule has 0 bridgehead atoms. The van der Waals surface area contributed by atoms with Gasteiger partial charge in [0, 0.05) is 11.3 Å². The zero-order chi connectivity index (χ0) is 12.4. The van der Waals surface area contributed by atoms with Gasteiger partial charge in [-0.15, -0.1) is 0 Å². The van der Waals surface area contributed by atoms with Crippen molar-refractivity contribution in [2.75, 3.05) is 0 Å². The molecule has 1 atom stereocenters. The number of rotatable bonds is 2. The van der Waals surface area contributed by atoms with Gasteiger partial charge in [0.25, 0.3) is 0 Å². The van der Waals surface area contributed by atoms with Crippen molar-refractivity contribution in [2.45, 2.75) is 13.0 Å². The van der Waals surface area contributed by atoms with Gasteiger partial charge in [-0.1, -0.05) is 18.2 Å². The molecule has 2 N–H and O–H groups in total. The first-order chi connectivity index (χ1) is 8.09. The molecule has 0 fully saturated rings. The Balaban J connectivity index is 2.44. The lowest BCUT2D eigenvalue weighted by atomic mass is 10.0. The summed E-state index contributed by atoms with van der Waals surface area (Å²) in [5.41, 5.74) is 7.31. The molecule has 1 heterocycles. The van der Waals surface area contributed by atoms with Crippen molar-refractivity contribution < 1.29 is 8.78 Å². The number of aromatic nitrogens is 1. The quantitative estimate of drug-likeness (QED) is 0.867. The van der Waals surface area contributed by atoms with Crippen LogP contribution in [0.15, 0.2) is 36.4 Å². The molecule has 0 amide bonds. The van der Waals surface area contributed by atoms with E-state index in [9.17, 15) is 8.78 Å². The van der Waals surface area contributed by atoms with Crippen LogP contribution in [0.3, 0.4) is 0 Å². The predicted octanol–water partition coefficient (Wildman–Crippen LogP) is 2.72. The predicted molar refractivity (Wildman–Crippen MR) is 61.4 cm³/mol. The first kappa shape index (κ1) is 11.7. The molecule has 1 aromatic heterocycles. The number of benzene rings is 1. The van der Waals surface area contributed by atoms with E-state index in [0.717, 1.165) is 11.8 Å². The highest BCUT2D eigenvalue weighted by Crippen LogP contribution is 2.22. The van der Waals surface area contributed by atoms with Crippen LogP contribution in [0.25, 0.3) is 0 Å². The van der Waals surface area contributed by atoms with Gasteiger partial charge in [0.2, 0.25) is 0 Å². The lowest BCUT2D eigenvalue weighted by molar-refractivity contribution is 0.493. The Bertz CT molecular complexity index is 541. The molecule has 4 heteroatoms. The SMILES string of the molecule is Cc1cccc(C(N)c2cccc(F)c2F)n1. The largest absolute Gasteiger partial charge is 0.319 e. The minimum Gasteiger partial charge on any atom is -0.319 e. The van der Waals surface area contributed by atoms with Gasteiger partial charge in [-0.3, -0.25) is 4.98 Å². The van der Waals surface area contributed by atoms with Gasteiger partial charge in [-0.05, 0) is 25.1 Å². The van der Waals surface area contributed by atoms with E-state index in [0.29, 0.717) is 5.69 Å². The monoisotopic (exact) mass is 234 g/mol. The normalized spacial score (nSPS) is 12.5. The van der Waals surface area contributed by atoms with Crippen molar-refractivity contribution in [1.29, 1.82) is 0 Å². The van der Waals surface area contributed by atoms with Gasteiger partial charge in [0.05, 0.1) is 11.7 Å². The molecule has 2 rings (SSSR count). The first-order valence-electron chi connectivity index (χ1n) is 5.22. The Morgan fingerprint density at radius 2 is 1.82 bits per heavy atom. The molecule has 0 radical (unpaired) electrons. The van der Waals surface area contributed by atoms with E-state index in [-0.39, 0.29) is 5.56 Å². The lowest BCUT2D eigenvalue weighted by Gasteiger charge is -2.13. The Morgan fingerprint density at radius 3 is 2.53 bits per heavy atom. The van der Waals surface area contributed by atoms with Gasteiger partial charge >= 0.3 is 0 Å². The molecule has 0 aliphatic rings. The van der Waals surface area contributed by atoms with Crippen molar-refractivity contribution >= 4 is 0 Å². The highest BCUT2D eigenvalue weighted by molar-refractivity contribution is 5.29. The van der Waals surface area contributed by atoms with Gasteiger partial charge in [0.1, 0.15) is 0 Å². The average Bonchev–Trinajstić information content (AvgIpc) is 2.32. The zero-order valence-electron chi connectivity index (χ0n) is 9.32. The van der Waals surface area contributed by atoms with Crippen LogP contribution < -0.4 is 5.73 Å². The van der Waals surface area contributed by atoms with E-state index >= 15 is 0 Å². The first-order valence-corrected chi connectivity index (χ1v) is 5.22. The van der Waals surface area contributed by atoms with E-state index in [1.54, 1.807) is 12.1 Å². The van der Waals surface area contributed by atoms with Crippen LogP contribution in [0, 0.1) is 18.6 Å². The molecule has 17 heavy (non-hydrogen) atoms. The number of nitrogens with two attached hydrogens (primary N) is 1. The number of nitrogens with zero attached hydrogens (tertiary/aromatic N) is 1. The third-order valence-electron chi connectivity index (χ3n) is 2.55. The molecule has 88 valence electrons. The second-order valence-electron chi connectivity index (χ2n) is 3.82. The molecule has 0 saturated carbocycles. The Hall–Kier alpha value is -1.81. The van der Waals surface area contributed by atoms with E-state index in [4.69, 9.17) is 5.73 Å². The summed E-state index contributed by atoms with van der Waals surface area (Å²) >= 11 is 0. The second-order valence-corrected chi connectivity index (χ2v) is 3.82. The minimum absolute atomic E-state index is 0.114. The smallest absolute Gasteiger partial charge is 0.163 e. The summed E-state index contributed by atoms with van der Waals surface area (Å²) < 4.78 is 26.6.